The van der Waals surface area contributed by atoms with Gasteiger partial charge in [0, 0.05) is 19.6 Å². The molecule has 17 heavy (non-hydrogen) atoms. The van der Waals surface area contributed by atoms with E-state index in [4.69, 9.17) is 10.5 Å². The second-order valence-corrected chi connectivity index (χ2v) is 4.41. The van der Waals surface area contributed by atoms with Crippen LogP contribution in [0.3, 0.4) is 0 Å². The van der Waals surface area contributed by atoms with Gasteiger partial charge < -0.3 is 15.5 Å². The van der Waals surface area contributed by atoms with Crippen LogP contribution in [0.15, 0.2) is 6.33 Å². The number of fused-ring (bicyclic) bond motifs is 1. The topological polar surface area (TPSA) is 89.7 Å². The number of rotatable bonds is 3. The first-order valence-corrected chi connectivity index (χ1v) is 5.86. The van der Waals surface area contributed by atoms with Crippen LogP contribution < -0.4 is 5.73 Å². The first-order valence-electron chi connectivity index (χ1n) is 5.86. The molecule has 0 bridgehead atoms. The van der Waals surface area contributed by atoms with Crippen molar-refractivity contribution in [2.45, 2.75) is 19.3 Å². The average molecular weight is 233 g/mol. The van der Waals surface area contributed by atoms with Crippen LogP contribution >= 0.6 is 0 Å². The molecule has 3 heterocycles. The van der Waals surface area contributed by atoms with E-state index in [9.17, 15) is 0 Å². The summed E-state index contributed by atoms with van der Waals surface area (Å²) in [5, 5.41) is 0. The van der Waals surface area contributed by atoms with Crippen LogP contribution in [-0.2, 0) is 11.2 Å². The highest BCUT2D eigenvalue weighted by molar-refractivity contribution is 5.80. The van der Waals surface area contributed by atoms with Gasteiger partial charge in [-0.3, -0.25) is 0 Å². The van der Waals surface area contributed by atoms with Crippen molar-refractivity contribution in [3.63, 3.8) is 0 Å². The van der Waals surface area contributed by atoms with Crippen LogP contribution in [0.1, 0.15) is 18.7 Å². The summed E-state index contributed by atoms with van der Waals surface area (Å²) >= 11 is 0. The first-order chi connectivity index (χ1) is 8.33. The van der Waals surface area contributed by atoms with E-state index >= 15 is 0 Å². The number of nitrogens with one attached hydrogen (secondary N) is 1. The van der Waals surface area contributed by atoms with Gasteiger partial charge in [0.2, 0.25) is 0 Å². The number of aryl methyl sites for hydroxylation is 1. The van der Waals surface area contributed by atoms with Gasteiger partial charge in [-0.1, -0.05) is 0 Å². The lowest BCUT2D eigenvalue weighted by Crippen LogP contribution is -2.02. The van der Waals surface area contributed by atoms with E-state index in [0.717, 1.165) is 43.8 Å². The first kappa shape index (κ1) is 10.5. The Labute approximate surface area is 98.6 Å². The van der Waals surface area contributed by atoms with Crippen LogP contribution in [0.5, 0.6) is 0 Å². The zero-order valence-electron chi connectivity index (χ0n) is 9.52. The van der Waals surface area contributed by atoms with E-state index in [1.807, 2.05) is 0 Å². The Balaban J connectivity index is 1.74. The molecule has 6 heteroatoms. The number of nitrogens with zero attached hydrogens (tertiary/aromatic N) is 3. The predicted molar refractivity (Wildman–Crippen MR) is 63.3 cm³/mol. The van der Waals surface area contributed by atoms with Gasteiger partial charge in [0.1, 0.15) is 17.7 Å². The van der Waals surface area contributed by atoms with Crippen LogP contribution in [0, 0.1) is 5.92 Å². The van der Waals surface area contributed by atoms with E-state index in [2.05, 4.69) is 19.9 Å². The molecule has 1 fully saturated rings. The maximum absolute atomic E-state index is 5.75. The standard InChI is InChI=1S/C11H15N5O/c12-10-9-11(14-6-13-10)16-8(15-9)2-1-7-3-4-17-5-7/h6-7H,1-5H2,(H3,12,13,14,15,16)/t7-/m0/s1. The van der Waals surface area contributed by atoms with E-state index in [0.29, 0.717) is 17.4 Å². The van der Waals surface area contributed by atoms with Gasteiger partial charge in [-0.2, -0.15) is 0 Å². The number of H-pyrrole nitrogens is 1. The molecule has 0 amide bonds. The summed E-state index contributed by atoms with van der Waals surface area (Å²) in [5.41, 5.74) is 7.13. The summed E-state index contributed by atoms with van der Waals surface area (Å²) in [6, 6.07) is 0. The third-order valence-electron chi connectivity index (χ3n) is 3.18. The number of imidazole rings is 1. The molecule has 90 valence electrons. The quantitative estimate of drug-likeness (QED) is 0.822. The molecule has 1 atom stereocenters. The SMILES string of the molecule is Nc1ncnc2nc(CC[C@H]3CCOC3)[nH]c12. The molecular formula is C11H15N5O. The summed E-state index contributed by atoms with van der Waals surface area (Å²) in [6.07, 6.45) is 4.59. The Morgan fingerprint density at radius 3 is 3.18 bits per heavy atom. The van der Waals surface area contributed by atoms with Crippen molar-refractivity contribution >= 4 is 17.0 Å². The molecule has 0 aromatic carbocycles. The molecular weight excluding hydrogens is 218 g/mol. The lowest BCUT2D eigenvalue weighted by molar-refractivity contribution is 0.184. The Morgan fingerprint density at radius 2 is 2.41 bits per heavy atom. The molecule has 2 aromatic rings. The van der Waals surface area contributed by atoms with Crippen molar-refractivity contribution in [1.82, 2.24) is 19.9 Å². The largest absolute Gasteiger partial charge is 0.382 e. The number of hydrogen-bond acceptors (Lipinski definition) is 5. The second-order valence-electron chi connectivity index (χ2n) is 4.41. The summed E-state index contributed by atoms with van der Waals surface area (Å²) in [7, 11) is 0. The van der Waals surface area contributed by atoms with Crippen LogP contribution in [0.4, 0.5) is 5.82 Å². The fourth-order valence-electron chi connectivity index (χ4n) is 2.16. The molecule has 0 spiro atoms. The molecule has 3 N–H and O–H groups in total. The summed E-state index contributed by atoms with van der Waals surface area (Å²) < 4.78 is 5.35. The number of hydrogen-bond donors (Lipinski definition) is 2. The smallest absolute Gasteiger partial charge is 0.183 e. The third-order valence-corrected chi connectivity index (χ3v) is 3.18. The Morgan fingerprint density at radius 1 is 1.47 bits per heavy atom. The maximum atomic E-state index is 5.75. The lowest BCUT2D eigenvalue weighted by atomic mass is 10.0. The highest BCUT2D eigenvalue weighted by atomic mass is 16.5. The predicted octanol–water partition coefficient (Wildman–Crippen LogP) is 0.904. The molecule has 1 aliphatic rings. The normalized spacial score (nSPS) is 20.1. The van der Waals surface area contributed by atoms with Crippen molar-refractivity contribution in [2.75, 3.05) is 18.9 Å². The maximum Gasteiger partial charge on any atom is 0.183 e. The summed E-state index contributed by atoms with van der Waals surface area (Å²) in [4.78, 5) is 15.6. The van der Waals surface area contributed by atoms with Gasteiger partial charge in [0.05, 0.1) is 0 Å². The molecule has 0 saturated carbocycles. The fourth-order valence-corrected chi connectivity index (χ4v) is 2.16. The third kappa shape index (κ3) is 2.08. The van der Waals surface area contributed by atoms with Crippen molar-refractivity contribution in [3.8, 4) is 0 Å². The lowest BCUT2D eigenvalue weighted by Gasteiger charge is -2.04. The minimum atomic E-state index is 0.456. The number of nitrogens with two attached hydrogens (primary N) is 1. The molecule has 6 nitrogen and oxygen atoms in total. The van der Waals surface area contributed by atoms with Gasteiger partial charge in [-0.05, 0) is 18.8 Å². The second kappa shape index (κ2) is 4.29. The van der Waals surface area contributed by atoms with Gasteiger partial charge >= 0.3 is 0 Å². The van der Waals surface area contributed by atoms with Crippen molar-refractivity contribution in [1.29, 1.82) is 0 Å². The van der Waals surface area contributed by atoms with Crippen LogP contribution in [0.25, 0.3) is 11.2 Å². The highest BCUT2D eigenvalue weighted by Gasteiger charge is 2.16. The van der Waals surface area contributed by atoms with E-state index < -0.39 is 0 Å². The van der Waals surface area contributed by atoms with Gasteiger partial charge in [0.15, 0.2) is 11.5 Å². The van der Waals surface area contributed by atoms with Gasteiger partial charge in [0.25, 0.3) is 0 Å². The number of ether oxygens (including phenoxy) is 1. The van der Waals surface area contributed by atoms with Gasteiger partial charge in [-0.15, -0.1) is 0 Å². The number of aromatic nitrogens is 4. The molecule has 0 aliphatic carbocycles. The minimum absolute atomic E-state index is 0.456. The minimum Gasteiger partial charge on any atom is -0.382 e. The van der Waals surface area contributed by atoms with Crippen molar-refractivity contribution < 1.29 is 4.74 Å². The molecule has 0 unspecified atom stereocenters. The number of aromatic amines is 1. The average Bonchev–Trinajstić information content (AvgIpc) is 2.95. The van der Waals surface area contributed by atoms with E-state index in [1.165, 1.54) is 6.33 Å². The Kier molecular flexibility index (Phi) is 2.64. The summed E-state index contributed by atoms with van der Waals surface area (Å²) in [5.74, 6) is 2.05. The molecule has 1 saturated heterocycles. The van der Waals surface area contributed by atoms with E-state index in [1.54, 1.807) is 0 Å². The molecule has 0 radical (unpaired) electrons. The zero-order valence-corrected chi connectivity index (χ0v) is 9.52. The van der Waals surface area contributed by atoms with Crippen molar-refractivity contribution in [2.24, 2.45) is 5.92 Å². The molecule has 3 rings (SSSR count). The number of anilines is 1. The summed E-state index contributed by atoms with van der Waals surface area (Å²) in [6.45, 7) is 1.77. The molecule has 2 aromatic heterocycles. The zero-order chi connectivity index (χ0) is 11.7. The van der Waals surface area contributed by atoms with E-state index in [-0.39, 0.29) is 0 Å². The Bertz CT molecular complexity index is 518. The monoisotopic (exact) mass is 233 g/mol. The van der Waals surface area contributed by atoms with Crippen LogP contribution in [-0.4, -0.2) is 33.1 Å². The highest BCUT2D eigenvalue weighted by Crippen LogP contribution is 2.19. The number of nitrogen functional groups attached to an aromatic ring is 1. The van der Waals surface area contributed by atoms with Gasteiger partial charge in [-0.25, -0.2) is 15.0 Å². The Hall–Kier alpha value is -1.69. The fraction of sp³-hybridized carbons (Fsp3) is 0.545. The molecule has 1 aliphatic heterocycles. The van der Waals surface area contributed by atoms with Crippen molar-refractivity contribution in [3.05, 3.63) is 12.2 Å². The van der Waals surface area contributed by atoms with Crippen LogP contribution in [0.2, 0.25) is 0 Å².